The first-order valence-electron chi connectivity index (χ1n) is 9.74. The van der Waals surface area contributed by atoms with Gasteiger partial charge < -0.3 is 5.32 Å². The van der Waals surface area contributed by atoms with Crippen molar-refractivity contribution in [1.29, 1.82) is 0 Å². The molecule has 0 aromatic heterocycles. The summed E-state index contributed by atoms with van der Waals surface area (Å²) < 4.78 is 13.0. The molecule has 1 aliphatic rings. The second-order valence-electron chi connectivity index (χ2n) is 7.03. The molecule has 3 aromatic rings. The van der Waals surface area contributed by atoms with E-state index in [9.17, 15) is 14.0 Å². The zero-order chi connectivity index (χ0) is 20.9. The quantitative estimate of drug-likeness (QED) is 0.635. The first kappa shape index (κ1) is 20.2. The van der Waals surface area contributed by atoms with Gasteiger partial charge in [-0.2, -0.15) is 0 Å². The average molecular weight is 421 g/mol. The fourth-order valence-corrected chi connectivity index (χ4v) is 4.24. The smallest absolute Gasteiger partial charge is 0.241 e. The first-order valence-corrected chi connectivity index (χ1v) is 10.9. The number of halogens is 1. The van der Waals surface area contributed by atoms with Crippen LogP contribution < -0.4 is 10.2 Å². The third-order valence-electron chi connectivity index (χ3n) is 4.96. The van der Waals surface area contributed by atoms with Gasteiger partial charge in [-0.1, -0.05) is 36.4 Å². The molecule has 0 spiro atoms. The highest BCUT2D eigenvalue weighted by Gasteiger charge is 2.25. The van der Waals surface area contributed by atoms with Crippen molar-refractivity contribution in [3.05, 3.63) is 89.7 Å². The van der Waals surface area contributed by atoms with Gasteiger partial charge in [0.05, 0.1) is 22.9 Å². The number of aryl methyl sites for hydroxylation is 2. The van der Waals surface area contributed by atoms with Crippen LogP contribution in [-0.2, 0) is 22.4 Å². The number of anilines is 3. The molecule has 152 valence electrons. The highest BCUT2D eigenvalue weighted by atomic mass is 32.2. The van der Waals surface area contributed by atoms with Gasteiger partial charge in [0.1, 0.15) is 5.82 Å². The molecule has 0 saturated heterocycles. The van der Waals surface area contributed by atoms with E-state index in [-0.39, 0.29) is 29.1 Å². The van der Waals surface area contributed by atoms with Gasteiger partial charge in [-0.25, -0.2) is 4.39 Å². The Balaban J connectivity index is 1.44. The van der Waals surface area contributed by atoms with Crippen LogP contribution in [0.15, 0.2) is 72.8 Å². The minimum atomic E-state index is -0.356. The molecule has 2 amide bonds. The fourth-order valence-electron chi connectivity index (χ4n) is 3.57. The number of rotatable bonds is 5. The number of hydrogen-bond donors (Lipinski definition) is 1. The molecule has 0 radical (unpaired) electrons. The van der Waals surface area contributed by atoms with Crippen LogP contribution in [-0.4, -0.2) is 23.3 Å². The Morgan fingerprint density at radius 3 is 2.00 bits per heavy atom. The van der Waals surface area contributed by atoms with Gasteiger partial charge in [0, 0.05) is 5.69 Å². The molecule has 0 atom stereocenters. The van der Waals surface area contributed by atoms with Crippen LogP contribution in [0.3, 0.4) is 0 Å². The summed E-state index contributed by atoms with van der Waals surface area (Å²) in [5.41, 5.74) is 4.62. The molecule has 4 rings (SSSR count). The Kier molecular flexibility index (Phi) is 6.14. The van der Waals surface area contributed by atoms with Gasteiger partial charge >= 0.3 is 0 Å². The number of fused-ring (bicyclic) bond motifs is 2. The van der Waals surface area contributed by atoms with Crippen molar-refractivity contribution >= 4 is 40.6 Å². The van der Waals surface area contributed by atoms with Gasteiger partial charge in [0.2, 0.25) is 11.8 Å². The topological polar surface area (TPSA) is 49.4 Å². The van der Waals surface area contributed by atoms with Gasteiger partial charge in [-0.05, 0) is 60.4 Å². The second kappa shape index (κ2) is 9.13. The van der Waals surface area contributed by atoms with E-state index in [0.29, 0.717) is 5.69 Å². The maximum atomic E-state index is 13.2. The molecule has 0 fully saturated rings. The molecule has 0 bridgehead atoms. The van der Waals surface area contributed by atoms with Crippen molar-refractivity contribution in [2.45, 2.75) is 12.8 Å². The Labute approximate surface area is 179 Å². The van der Waals surface area contributed by atoms with Crippen LogP contribution in [0.5, 0.6) is 0 Å². The van der Waals surface area contributed by atoms with Gasteiger partial charge in [0.25, 0.3) is 0 Å². The third kappa shape index (κ3) is 4.54. The molecule has 0 aliphatic carbocycles. The molecule has 1 heterocycles. The normalized spacial score (nSPS) is 12.5. The van der Waals surface area contributed by atoms with Gasteiger partial charge in [-0.3, -0.25) is 14.5 Å². The predicted octanol–water partition coefficient (Wildman–Crippen LogP) is 4.96. The summed E-state index contributed by atoms with van der Waals surface area (Å²) in [4.78, 5) is 27.1. The van der Waals surface area contributed by atoms with Crippen LogP contribution in [0.2, 0.25) is 0 Å². The van der Waals surface area contributed by atoms with Crippen molar-refractivity contribution in [2.75, 3.05) is 21.7 Å². The lowest BCUT2D eigenvalue weighted by Gasteiger charge is -2.25. The maximum Gasteiger partial charge on any atom is 0.241 e. The maximum absolute atomic E-state index is 13.2. The molecule has 3 aromatic carbocycles. The van der Waals surface area contributed by atoms with Gasteiger partial charge in [-0.15, -0.1) is 11.8 Å². The zero-order valence-electron chi connectivity index (χ0n) is 16.3. The Hall–Kier alpha value is -3.12. The number of amides is 2. The number of carbonyl (C=O) groups is 2. The van der Waals surface area contributed by atoms with E-state index in [0.717, 1.165) is 35.3 Å². The van der Waals surface area contributed by atoms with E-state index in [1.165, 1.54) is 36.0 Å². The molecule has 4 nitrogen and oxygen atoms in total. The largest absolute Gasteiger partial charge is 0.325 e. The lowest BCUT2D eigenvalue weighted by atomic mass is 10.0. The van der Waals surface area contributed by atoms with Crippen molar-refractivity contribution < 1.29 is 14.0 Å². The Morgan fingerprint density at radius 1 is 0.833 bits per heavy atom. The van der Waals surface area contributed by atoms with Crippen LogP contribution in [0, 0.1) is 5.82 Å². The van der Waals surface area contributed by atoms with Crippen molar-refractivity contribution in [3.8, 4) is 0 Å². The van der Waals surface area contributed by atoms with Gasteiger partial charge in [0.15, 0.2) is 0 Å². The predicted molar refractivity (Wildman–Crippen MR) is 120 cm³/mol. The lowest BCUT2D eigenvalue weighted by Crippen LogP contribution is -2.29. The Morgan fingerprint density at radius 2 is 1.40 bits per heavy atom. The van der Waals surface area contributed by atoms with Crippen molar-refractivity contribution in [2.24, 2.45) is 0 Å². The van der Waals surface area contributed by atoms with E-state index in [4.69, 9.17) is 0 Å². The lowest BCUT2D eigenvalue weighted by molar-refractivity contribution is -0.115. The molecule has 6 heteroatoms. The monoisotopic (exact) mass is 420 g/mol. The number of hydrogen-bond acceptors (Lipinski definition) is 3. The summed E-state index contributed by atoms with van der Waals surface area (Å²) in [7, 11) is 0. The van der Waals surface area contributed by atoms with Crippen LogP contribution in [0.1, 0.15) is 11.1 Å². The molecule has 0 unspecified atom stereocenters. The number of nitrogens with one attached hydrogen (secondary N) is 1. The fraction of sp³-hybridized carbons (Fsp3) is 0.167. The summed E-state index contributed by atoms with van der Waals surface area (Å²) in [6.07, 6.45) is 1.76. The van der Waals surface area contributed by atoms with Crippen LogP contribution in [0.4, 0.5) is 21.5 Å². The number of para-hydroxylation sites is 2. The molecular weight excluding hydrogens is 399 g/mol. The van der Waals surface area contributed by atoms with E-state index in [1.807, 2.05) is 36.4 Å². The van der Waals surface area contributed by atoms with Crippen molar-refractivity contribution in [3.63, 3.8) is 0 Å². The third-order valence-corrected chi connectivity index (χ3v) is 5.88. The molecule has 30 heavy (non-hydrogen) atoms. The number of carbonyl (C=O) groups excluding carboxylic acids is 2. The highest BCUT2D eigenvalue weighted by Crippen LogP contribution is 2.36. The number of nitrogens with zero attached hydrogens (tertiary/aromatic N) is 1. The van der Waals surface area contributed by atoms with E-state index in [2.05, 4.69) is 17.4 Å². The summed E-state index contributed by atoms with van der Waals surface area (Å²) in [6.45, 7) is 0. The van der Waals surface area contributed by atoms with Crippen LogP contribution >= 0.6 is 11.8 Å². The number of benzene rings is 3. The molecule has 1 N–H and O–H groups in total. The van der Waals surface area contributed by atoms with E-state index >= 15 is 0 Å². The minimum absolute atomic E-state index is 0.0589. The summed E-state index contributed by atoms with van der Waals surface area (Å²) in [6, 6.07) is 21.5. The standard InChI is InChI=1S/C24H21FN2O2S/c25-19-11-13-20(14-12-19)26-23(28)15-30-16-24(29)27-21-7-3-1-5-17(21)9-10-18-6-2-4-8-22(18)27/h1-8,11-14H,9-10,15-16H2,(H,26,28). The summed E-state index contributed by atoms with van der Waals surface area (Å²) >= 11 is 1.26. The zero-order valence-corrected chi connectivity index (χ0v) is 17.1. The molecule has 0 saturated carbocycles. The Bertz CT molecular complexity index is 1020. The summed E-state index contributed by atoms with van der Waals surface area (Å²) in [5.74, 6) is -0.321. The minimum Gasteiger partial charge on any atom is -0.325 e. The van der Waals surface area contributed by atoms with E-state index in [1.54, 1.807) is 4.90 Å². The van der Waals surface area contributed by atoms with Crippen LogP contribution in [0.25, 0.3) is 0 Å². The summed E-state index contributed by atoms with van der Waals surface area (Å²) in [5, 5.41) is 2.71. The number of thioether (sulfide) groups is 1. The first-order chi connectivity index (χ1) is 14.6. The molecular formula is C24H21FN2O2S. The van der Waals surface area contributed by atoms with Crippen molar-refractivity contribution in [1.82, 2.24) is 0 Å². The second-order valence-corrected chi connectivity index (χ2v) is 8.02. The molecule has 1 aliphatic heterocycles. The van der Waals surface area contributed by atoms with E-state index < -0.39 is 0 Å². The SMILES string of the molecule is O=C(CSCC(=O)N1c2ccccc2CCc2ccccc21)Nc1ccc(F)cc1. The highest BCUT2D eigenvalue weighted by molar-refractivity contribution is 8.00. The average Bonchev–Trinajstić information content (AvgIpc) is 2.92.